The zero-order valence-corrected chi connectivity index (χ0v) is 12.1. The number of carbonyl (C=O) groups excluding carboxylic acids is 1. The first-order chi connectivity index (χ1) is 9.36. The van der Waals surface area contributed by atoms with E-state index in [0.717, 1.165) is 25.1 Å². The minimum absolute atomic E-state index is 0.674. The Morgan fingerprint density at radius 2 is 1.68 bits per heavy atom. The van der Waals surface area contributed by atoms with Crippen molar-refractivity contribution in [2.24, 2.45) is 0 Å². The van der Waals surface area contributed by atoms with Gasteiger partial charge in [-0.3, -0.25) is 4.79 Å². The van der Waals surface area contributed by atoms with E-state index in [0.29, 0.717) is 5.56 Å². The molecule has 0 heterocycles. The Kier molecular flexibility index (Phi) is 8.78. The lowest BCUT2D eigenvalue weighted by molar-refractivity contribution is 0.112. The van der Waals surface area contributed by atoms with Crippen molar-refractivity contribution in [3.05, 3.63) is 29.8 Å². The smallest absolute Gasteiger partial charge is 0.150 e. The number of benzene rings is 1. The van der Waals surface area contributed by atoms with Gasteiger partial charge in [-0.05, 0) is 18.6 Å². The van der Waals surface area contributed by atoms with Gasteiger partial charge < -0.3 is 4.74 Å². The van der Waals surface area contributed by atoms with Crippen LogP contribution in [0.1, 0.15) is 68.6 Å². The van der Waals surface area contributed by atoms with Crippen LogP contribution >= 0.6 is 0 Å². The molecule has 0 aliphatic carbocycles. The van der Waals surface area contributed by atoms with E-state index < -0.39 is 0 Å². The average Bonchev–Trinajstić information content (AvgIpc) is 2.46. The van der Waals surface area contributed by atoms with E-state index in [-0.39, 0.29) is 0 Å². The topological polar surface area (TPSA) is 26.3 Å². The molecular weight excluding hydrogens is 236 g/mol. The second-order valence-electron chi connectivity index (χ2n) is 5.01. The van der Waals surface area contributed by atoms with Gasteiger partial charge in [0.25, 0.3) is 0 Å². The summed E-state index contributed by atoms with van der Waals surface area (Å²) in [5.74, 6) is 0.799. The maximum Gasteiger partial charge on any atom is 0.150 e. The molecule has 2 heteroatoms. The van der Waals surface area contributed by atoms with Crippen molar-refractivity contribution < 1.29 is 9.53 Å². The summed E-state index contributed by atoms with van der Waals surface area (Å²) >= 11 is 0. The molecule has 0 saturated heterocycles. The molecule has 0 N–H and O–H groups in total. The van der Waals surface area contributed by atoms with Crippen LogP contribution in [0.15, 0.2) is 24.3 Å². The van der Waals surface area contributed by atoms with Crippen LogP contribution < -0.4 is 4.74 Å². The van der Waals surface area contributed by atoms with Crippen molar-refractivity contribution in [1.29, 1.82) is 0 Å². The Hall–Kier alpha value is -1.31. The SMILES string of the molecule is CCCCCCCCCCOc1cccc(C=O)c1. The molecule has 0 radical (unpaired) electrons. The van der Waals surface area contributed by atoms with E-state index in [1.54, 1.807) is 12.1 Å². The van der Waals surface area contributed by atoms with Gasteiger partial charge in [-0.1, -0.05) is 64.0 Å². The molecule has 0 amide bonds. The maximum atomic E-state index is 10.6. The van der Waals surface area contributed by atoms with Crippen LogP contribution in [0, 0.1) is 0 Å². The molecule has 106 valence electrons. The Bertz CT molecular complexity index is 347. The van der Waals surface area contributed by atoms with Gasteiger partial charge in [0.15, 0.2) is 0 Å². The molecule has 19 heavy (non-hydrogen) atoms. The van der Waals surface area contributed by atoms with Gasteiger partial charge in [0.05, 0.1) is 6.61 Å². The molecule has 2 nitrogen and oxygen atoms in total. The number of rotatable bonds is 11. The lowest BCUT2D eigenvalue weighted by atomic mass is 10.1. The van der Waals surface area contributed by atoms with Crippen molar-refractivity contribution in [1.82, 2.24) is 0 Å². The summed E-state index contributed by atoms with van der Waals surface area (Å²) in [5, 5.41) is 0. The molecular formula is C17H26O2. The fourth-order valence-corrected chi connectivity index (χ4v) is 2.10. The Morgan fingerprint density at radius 3 is 2.37 bits per heavy atom. The third kappa shape index (κ3) is 7.66. The second-order valence-corrected chi connectivity index (χ2v) is 5.01. The highest BCUT2D eigenvalue weighted by atomic mass is 16.5. The van der Waals surface area contributed by atoms with Gasteiger partial charge in [-0.15, -0.1) is 0 Å². The zero-order valence-electron chi connectivity index (χ0n) is 12.1. The van der Waals surface area contributed by atoms with Crippen molar-refractivity contribution in [3.8, 4) is 5.75 Å². The van der Waals surface area contributed by atoms with Crippen molar-refractivity contribution in [3.63, 3.8) is 0 Å². The van der Waals surface area contributed by atoms with Crippen LogP contribution in [0.2, 0.25) is 0 Å². The van der Waals surface area contributed by atoms with Gasteiger partial charge in [0.2, 0.25) is 0 Å². The Morgan fingerprint density at radius 1 is 1.00 bits per heavy atom. The standard InChI is InChI=1S/C17H26O2/c1-2-3-4-5-6-7-8-9-13-19-17-12-10-11-16(14-17)15-18/h10-12,14-15H,2-9,13H2,1H3. The molecule has 0 saturated carbocycles. The average molecular weight is 262 g/mol. The molecule has 0 bridgehead atoms. The first-order valence-corrected chi connectivity index (χ1v) is 7.55. The molecule has 0 spiro atoms. The van der Waals surface area contributed by atoms with Crippen LogP contribution in [0.4, 0.5) is 0 Å². The highest BCUT2D eigenvalue weighted by molar-refractivity contribution is 5.75. The van der Waals surface area contributed by atoms with Crippen LogP contribution in [0.5, 0.6) is 5.75 Å². The zero-order chi connectivity index (χ0) is 13.8. The third-order valence-corrected chi connectivity index (χ3v) is 3.26. The van der Waals surface area contributed by atoms with Gasteiger partial charge in [0.1, 0.15) is 12.0 Å². The van der Waals surface area contributed by atoms with Gasteiger partial charge >= 0.3 is 0 Å². The number of carbonyl (C=O) groups is 1. The predicted octanol–water partition coefficient (Wildman–Crippen LogP) is 5.02. The second kappa shape index (κ2) is 10.6. The van der Waals surface area contributed by atoms with E-state index in [4.69, 9.17) is 4.74 Å². The normalized spacial score (nSPS) is 10.4. The lowest BCUT2D eigenvalue weighted by Crippen LogP contribution is -1.97. The minimum atomic E-state index is 0.674. The summed E-state index contributed by atoms with van der Waals surface area (Å²) in [6.07, 6.45) is 11.3. The number of hydrogen-bond acceptors (Lipinski definition) is 2. The van der Waals surface area contributed by atoms with E-state index in [9.17, 15) is 4.79 Å². The molecule has 0 aliphatic heterocycles. The maximum absolute atomic E-state index is 10.6. The largest absolute Gasteiger partial charge is 0.494 e. The lowest BCUT2D eigenvalue weighted by Gasteiger charge is -2.06. The molecule has 0 atom stereocenters. The summed E-state index contributed by atoms with van der Waals surface area (Å²) in [5.41, 5.74) is 0.674. The molecule has 0 unspecified atom stereocenters. The first-order valence-electron chi connectivity index (χ1n) is 7.55. The Labute approximate surface area is 117 Å². The molecule has 1 aromatic rings. The molecule has 0 aliphatic rings. The van der Waals surface area contributed by atoms with E-state index >= 15 is 0 Å². The van der Waals surface area contributed by atoms with Crippen LogP contribution in [0.3, 0.4) is 0 Å². The van der Waals surface area contributed by atoms with Crippen LogP contribution in [-0.2, 0) is 0 Å². The van der Waals surface area contributed by atoms with Gasteiger partial charge in [-0.2, -0.15) is 0 Å². The first kappa shape index (κ1) is 15.7. The summed E-state index contributed by atoms with van der Waals surface area (Å²) < 4.78 is 5.63. The van der Waals surface area contributed by atoms with Crippen molar-refractivity contribution >= 4 is 6.29 Å². The van der Waals surface area contributed by atoms with Crippen molar-refractivity contribution in [2.75, 3.05) is 6.61 Å². The van der Waals surface area contributed by atoms with Crippen molar-refractivity contribution in [2.45, 2.75) is 58.3 Å². The number of ether oxygens (including phenoxy) is 1. The fraction of sp³-hybridized carbons (Fsp3) is 0.588. The number of aldehydes is 1. The molecule has 0 fully saturated rings. The number of unbranched alkanes of at least 4 members (excludes halogenated alkanes) is 7. The van der Waals surface area contributed by atoms with Gasteiger partial charge in [0, 0.05) is 5.56 Å². The Balaban J connectivity index is 1.99. The van der Waals surface area contributed by atoms with Crippen LogP contribution in [0.25, 0.3) is 0 Å². The minimum Gasteiger partial charge on any atom is -0.494 e. The molecule has 0 aromatic heterocycles. The quantitative estimate of drug-likeness (QED) is 0.413. The molecule has 1 aromatic carbocycles. The van der Waals surface area contributed by atoms with E-state index in [1.807, 2.05) is 12.1 Å². The summed E-state index contributed by atoms with van der Waals surface area (Å²) in [6.45, 7) is 2.99. The summed E-state index contributed by atoms with van der Waals surface area (Å²) in [4.78, 5) is 10.6. The molecule has 1 rings (SSSR count). The highest BCUT2D eigenvalue weighted by Crippen LogP contribution is 2.13. The fourth-order valence-electron chi connectivity index (χ4n) is 2.10. The van der Waals surface area contributed by atoms with E-state index in [1.165, 1.54) is 44.9 Å². The van der Waals surface area contributed by atoms with Crippen LogP contribution in [-0.4, -0.2) is 12.9 Å². The summed E-state index contributed by atoms with van der Waals surface area (Å²) in [6, 6.07) is 7.33. The highest BCUT2D eigenvalue weighted by Gasteiger charge is 1.96. The van der Waals surface area contributed by atoms with E-state index in [2.05, 4.69) is 6.92 Å². The third-order valence-electron chi connectivity index (χ3n) is 3.26. The summed E-state index contributed by atoms with van der Waals surface area (Å²) in [7, 11) is 0. The van der Waals surface area contributed by atoms with Gasteiger partial charge in [-0.25, -0.2) is 0 Å². The predicted molar refractivity (Wildman–Crippen MR) is 79.9 cm³/mol. The monoisotopic (exact) mass is 262 g/mol. The number of hydrogen-bond donors (Lipinski definition) is 0.